The molecule has 3 aromatic rings. The predicted molar refractivity (Wildman–Crippen MR) is 71.0 cm³/mol. The van der Waals surface area contributed by atoms with E-state index < -0.39 is 0 Å². The molecule has 1 aromatic carbocycles. The summed E-state index contributed by atoms with van der Waals surface area (Å²) in [5, 5.41) is 7.01. The van der Waals surface area contributed by atoms with E-state index in [4.69, 9.17) is 14.7 Å². The van der Waals surface area contributed by atoms with E-state index in [1.165, 1.54) is 6.33 Å². The molecule has 20 heavy (non-hydrogen) atoms. The maximum absolute atomic E-state index is 11.9. The van der Waals surface area contributed by atoms with Crippen molar-refractivity contribution in [1.82, 2.24) is 15.5 Å². The Hall–Kier alpha value is -2.83. The number of nitrogens with two attached hydrogens (primary N) is 1. The van der Waals surface area contributed by atoms with Gasteiger partial charge in [-0.1, -0.05) is 5.16 Å². The molecule has 2 aromatic heterocycles. The minimum Gasteiger partial charge on any atom is -0.451 e. The Morgan fingerprint density at radius 3 is 3.05 bits per heavy atom. The predicted octanol–water partition coefficient (Wildman–Crippen LogP) is 1.37. The van der Waals surface area contributed by atoms with Gasteiger partial charge in [-0.05, 0) is 24.3 Å². The molecule has 0 fully saturated rings. The Balaban J connectivity index is 1.66. The molecule has 0 bridgehead atoms. The molecule has 0 radical (unpaired) electrons. The van der Waals surface area contributed by atoms with Gasteiger partial charge in [0, 0.05) is 24.0 Å². The number of amides is 1. The van der Waals surface area contributed by atoms with Crippen LogP contribution in [0.4, 0.5) is 5.69 Å². The number of rotatable bonds is 4. The molecule has 3 N–H and O–H groups in total. The number of hydrogen-bond acceptors (Lipinski definition) is 6. The van der Waals surface area contributed by atoms with Crippen LogP contribution in [-0.2, 0) is 6.42 Å². The average Bonchev–Trinajstić information content (AvgIpc) is 3.06. The zero-order valence-electron chi connectivity index (χ0n) is 10.5. The maximum atomic E-state index is 11.9. The van der Waals surface area contributed by atoms with E-state index in [9.17, 15) is 4.79 Å². The number of nitrogens with one attached hydrogen (secondary N) is 1. The molecule has 7 nitrogen and oxygen atoms in total. The Kier molecular flexibility index (Phi) is 3.08. The van der Waals surface area contributed by atoms with Gasteiger partial charge in [-0.2, -0.15) is 4.98 Å². The molecule has 0 atom stereocenters. The third-order valence-corrected chi connectivity index (χ3v) is 2.80. The summed E-state index contributed by atoms with van der Waals surface area (Å²) in [4.78, 5) is 15.8. The summed E-state index contributed by atoms with van der Waals surface area (Å²) >= 11 is 0. The lowest BCUT2D eigenvalue weighted by molar-refractivity contribution is 0.0928. The van der Waals surface area contributed by atoms with Crippen molar-refractivity contribution in [2.45, 2.75) is 6.42 Å². The van der Waals surface area contributed by atoms with Crippen LogP contribution in [0.2, 0.25) is 0 Å². The molecule has 0 saturated heterocycles. The van der Waals surface area contributed by atoms with Crippen LogP contribution < -0.4 is 11.1 Å². The number of furan rings is 1. The smallest absolute Gasteiger partial charge is 0.287 e. The molecule has 0 saturated carbocycles. The average molecular weight is 272 g/mol. The van der Waals surface area contributed by atoms with Gasteiger partial charge in [0.15, 0.2) is 12.1 Å². The van der Waals surface area contributed by atoms with Crippen molar-refractivity contribution in [1.29, 1.82) is 0 Å². The van der Waals surface area contributed by atoms with Crippen LogP contribution in [0.15, 0.2) is 39.5 Å². The summed E-state index contributed by atoms with van der Waals surface area (Å²) in [6, 6.07) is 6.88. The van der Waals surface area contributed by atoms with Crippen LogP contribution in [0.1, 0.15) is 16.4 Å². The topological polar surface area (TPSA) is 107 Å². The fourth-order valence-corrected chi connectivity index (χ4v) is 1.85. The van der Waals surface area contributed by atoms with Crippen LogP contribution in [0.25, 0.3) is 11.0 Å². The van der Waals surface area contributed by atoms with Gasteiger partial charge in [0.25, 0.3) is 5.91 Å². The zero-order chi connectivity index (χ0) is 13.9. The van der Waals surface area contributed by atoms with Gasteiger partial charge in [-0.3, -0.25) is 4.79 Å². The second kappa shape index (κ2) is 5.04. The van der Waals surface area contributed by atoms with Crippen LogP contribution in [0.3, 0.4) is 0 Å². The van der Waals surface area contributed by atoms with Crippen molar-refractivity contribution in [2.24, 2.45) is 0 Å². The van der Waals surface area contributed by atoms with Crippen LogP contribution in [0, 0.1) is 0 Å². The van der Waals surface area contributed by atoms with Crippen LogP contribution in [0.5, 0.6) is 0 Å². The molecule has 1 amide bonds. The first kappa shape index (κ1) is 12.2. The first-order valence-corrected chi connectivity index (χ1v) is 6.05. The minimum atomic E-state index is -0.292. The van der Waals surface area contributed by atoms with Crippen LogP contribution in [-0.4, -0.2) is 22.6 Å². The Morgan fingerprint density at radius 2 is 2.25 bits per heavy atom. The molecule has 0 aliphatic heterocycles. The second-order valence-electron chi connectivity index (χ2n) is 4.25. The van der Waals surface area contributed by atoms with E-state index in [1.54, 1.807) is 24.3 Å². The molecule has 3 rings (SSSR count). The summed E-state index contributed by atoms with van der Waals surface area (Å²) in [5.41, 5.74) is 6.93. The third-order valence-electron chi connectivity index (χ3n) is 2.80. The monoisotopic (exact) mass is 272 g/mol. The fourth-order valence-electron chi connectivity index (χ4n) is 1.85. The Morgan fingerprint density at radius 1 is 1.35 bits per heavy atom. The van der Waals surface area contributed by atoms with Gasteiger partial charge in [-0.15, -0.1) is 0 Å². The number of hydrogen-bond donors (Lipinski definition) is 2. The first-order chi connectivity index (χ1) is 9.72. The number of carbonyl (C=O) groups excluding carboxylic acids is 1. The zero-order valence-corrected chi connectivity index (χ0v) is 10.5. The summed E-state index contributed by atoms with van der Waals surface area (Å²) in [6.45, 7) is 0.389. The van der Waals surface area contributed by atoms with Crippen molar-refractivity contribution < 1.29 is 13.7 Å². The summed E-state index contributed by atoms with van der Waals surface area (Å²) < 4.78 is 10.3. The normalized spacial score (nSPS) is 10.8. The summed E-state index contributed by atoms with van der Waals surface area (Å²) in [7, 11) is 0. The largest absolute Gasteiger partial charge is 0.451 e. The molecule has 0 spiro atoms. The van der Waals surface area contributed by atoms with Gasteiger partial charge in [-0.25, -0.2) is 0 Å². The quantitative estimate of drug-likeness (QED) is 0.694. The number of fused-ring (bicyclic) bond motifs is 1. The van der Waals surface area contributed by atoms with Gasteiger partial charge in [0.05, 0.1) is 0 Å². The number of nitrogens with zero attached hydrogens (tertiary/aromatic N) is 2. The molecule has 7 heteroatoms. The lowest BCUT2D eigenvalue weighted by Crippen LogP contribution is -2.25. The lowest BCUT2D eigenvalue weighted by Gasteiger charge is -1.99. The van der Waals surface area contributed by atoms with Crippen molar-refractivity contribution >= 4 is 22.6 Å². The number of aromatic nitrogens is 2. The first-order valence-electron chi connectivity index (χ1n) is 6.05. The molecule has 2 heterocycles. The summed E-state index contributed by atoms with van der Waals surface area (Å²) in [6.07, 6.45) is 1.79. The van der Waals surface area contributed by atoms with Gasteiger partial charge in [0.2, 0.25) is 5.89 Å². The van der Waals surface area contributed by atoms with Crippen molar-refractivity contribution in [3.63, 3.8) is 0 Å². The second-order valence-corrected chi connectivity index (χ2v) is 4.25. The van der Waals surface area contributed by atoms with E-state index in [-0.39, 0.29) is 11.7 Å². The van der Waals surface area contributed by atoms with Crippen LogP contribution >= 0.6 is 0 Å². The molecule has 0 aliphatic carbocycles. The highest BCUT2D eigenvalue weighted by atomic mass is 16.5. The van der Waals surface area contributed by atoms with E-state index in [0.29, 0.717) is 30.1 Å². The van der Waals surface area contributed by atoms with E-state index >= 15 is 0 Å². The number of benzene rings is 1. The highest BCUT2D eigenvalue weighted by Crippen LogP contribution is 2.21. The number of nitrogen functional groups attached to an aromatic ring is 1. The minimum absolute atomic E-state index is 0.246. The number of carbonyl (C=O) groups is 1. The molecular weight excluding hydrogens is 260 g/mol. The van der Waals surface area contributed by atoms with Gasteiger partial charge >= 0.3 is 0 Å². The fraction of sp³-hybridized carbons (Fsp3) is 0.154. The highest BCUT2D eigenvalue weighted by Gasteiger charge is 2.12. The molecular formula is C13H12N4O3. The molecule has 0 aliphatic rings. The van der Waals surface area contributed by atoms with Gasteiger partial charge < -0.3 is 20.0 Å². The Labute approximate surface area is 113 Å². The van der Waals surface area contributed by atoms with Crippen molar-refractivity contribution in [3.8, 4) is 0 Å². The SMILES string of the molecule is Nc1ccc2oc(C(=O)NCCc3ncno3)cc2c1. The molecule has 102 valence electrons. The lowest BCUT2D eigenvalue weighted by atomic mass is 10.2. The third kappa shape index (κ3) is 2.46. The van der Waals surface area contributed by atoms with E-state index in [2.05, 4.69) is 15.5 Å². The Bertz CT molecular complexity index is 733. The standard InChI is InChI=1S/C13H12N4O3/c14-9-1-2-10-8(5-9)6-11(19-10)13(18)15-4-3-12-16-7-17-20-12/h1-2,5-7H,3-4,14H2,(H,15,18). The van der Waals surface area contributed by atoms with Crippen molar-refractivity contribution in [2.75, 3.05) is 12.3 Å². The van der Waals surface area contributed by atoms with E-state index in [1.807, 2.05) is 0 Å². The van der Waals surface area contributed by atoms with Crippen molar-refractivity contribution in [3.05, 3.63) is 42.2 Å². The molecule has 0 unspecified atom stereocenters. The summed E-state index contributed by atoms with van der Waals surface area (Å²) in [5.74, 6) is 0.429. The van der Waals surface area contributed by atoms with Gasteiger partial charge in [0.1, 0.15) is 5.58 Å². The van der Waals surface area contributed by atoms with E-state index in [0.717, 1.165) is 5.39 Å². The number of anilines is 1. The highest BCUT2D eigenvalue weighted by molar-refractivity contribution is 5.96. The maximum Gasteiger partial charge on any atom is 0.287 e.